The van der Waals surface area contributed by atoms with Crippen molar-refractivity contribution in [3.05, 3.63) is 0 Å². The van der Waals surface area contributed by atoms with E-state index in [1.165, 1.54) is 28.5 Å². The van der Waals surface area contributed by atoms with Crippen LogP contribution in [0.4, 0.5) is 0 Å². The molecule has 4 saturated heterocycles. The second kappa shape index (κ2) is 25.9. The Hall–Kier alpha value is -2.69. The van der Waals surface area contributed by atoms with Crippen molar-refractivity contribution in [2.75, 3.05) is 57.2 Å². The van der Waals surface area contributed by atoms with E-state index in [-0.39, 0.29) is 85.9 Å². The van der Waals surface area contributed by atoms with Crippen LogP contribution in [0.5, 0.6) is 0 Å². The molecule has 4 heterocycles. The van der Waals surface area contributed by atoms with E-state index in [0.29, 0.717) is 79.3 Å². The van der Waals surface area contributed by atoms with Crippen molar-refractivity contribution in [1.29, 1.82) is 0 Å². The van der Waals surface area contributed by atoms with Gasteiger partial charge in [0.05, 0.1) is 24.8 Å². The highest BCUT2D eigenvalue weighted by Crippen LogP contribution is 2.44. The second-order valence-corrected chi connectivity index (χ2v) is 27.9. The van der Waals surface area contributed by atoms with Crippen molar-refractivity contribution in [3.63, 3.8) is 0 Å². The summed E-state index contributed by atoms with van der Waals surface area (Å²) in [6.07, 6.45) is 15.1. The zero-order valence-corrected chi connectivity index (χ0v) is 46.0. The quantitative estimate of drug-likeness (QED) is 0.0929. The number of carbonyl (C=O) groups is 6. The molecule has 21 heteroatoms. The van der Waals surface area contributed by atoms with E-state index in [1.54, 1.807) is 11.8 Å². The fourth-order valence-electron chi connectivity index (χ4n) is 12.9. The Balaban J connectivity index is 0.775. The number of hydrogen-bond acceptors (Lipinski definition) is 13. The van der Waals surface area contributed by atoms with Gasteiger partial charge in [0.25, 0.3) is 0 Å². The molecule has 3 saturated carbocycles. The molecule has 8 N–H and O–H groups in total. The lowest BCUT2D eigenvalue weighted by Crippen LogP contribution is -2.58. The first-order chi connectivity index (χ1) is 34.2. The molecule has 3 aliphatic carbocycles. The third-order valence-corrected chi connectivity index (χ3v) is 21.0. The van der Waals surface area contributed by atoms with Gasteiger partial charge in [-0.3, -0.25) is 34.1 Å². The predicted molar refractivity (Wildman–Crippen MR) is 281 cm³/mol. The van der Waals surface area contributed by atoms with Crippen molar-refractivity contribution >= 4 is 69.0 Å². The second-order valence-electron chi connectivity index (χ2n) is 23.6. The number of nitrogens with one attached hydrogen (secondary N) is 7. The zero-order chi connectivity index (χ0) is 51.7. The zero-order valence-electron chi connectivity index (χ0n) is 43.6. The SMILES string of the molecule is CC1NCSC1C1CCC(CNC(=O)[C@@H]2C[C@@H](O)CN2C(=O)[C@@H](NC(=O)CCCC(=O)NCC2CCCC(C3CCCC(C4CSC(NC(=O)CNC(=O)C5CCN(S(C)(=O)=O)C5)N4)C3)C2)C(C)(C)C)CC1. The molecular formula is C51H87N9O9S3. The molecule has 0 bridgehead atoms. The van der Waals surface area contributed by atoms with Crippen molar-refractivity contribution < 1.29 is 42.3 Å². The first-order valence-electron chi connectivity index (χ1n) is 27.3. The predicted octanol–water partition coefficient (Wildman–Crippen LogP) is 2.85. The number of amides is 6. The lowest BCUT2D eigenvalue weighted by atomic mass is 9.67. The molecule has 72 heavy (non-hydrogen) atoms. The largest absolute Gasteiger partial charge is 0.391 e. The Bertz CT molecular complexity index is 2000. The third kappa shape index (κ3) is 15.9. The standard InChI is InChI=1S/C51H87N9O9S3/c1-31-45(71-30-55-31)34-17-15-32(16-18-34)24-53-48(66)41-23-39(61)28-60(41)49(67)46(51(2,3)4)57-43(63)14-8-13-42(62)52-25-33-9-6-10-35(21-33)36-11-7-12-37(22-36)40-29-70-50(56-40)58-44(64)26-54-47(65)38-19-20-59(27-38)72(5,68)69/h31-41,45-46,50,55-56,61H,6-30H2,1-5H3,(H,52,62)(H,53,66)(H,54,65)(H,57,63)(H,58,64)/t31?,32?,33?,34?,35?,36?,37?,38?,39-,40?,41+,45?,46-,50?/m1/s1. The Morgan fingerprint density at radius 3 is 2.14 bits per heavy atom. The molecule has 408 valence electrons. The van der Waals surface area contributed by atoms with Crippen LogP contribution in [0.25, 0.3) is 0 Å². The molecule has 0 spiro atoms. The van der Waals surface area contributed by atoms with Crippen molar-refractivity contribution in [3.8, 4) is 0 Å². The Morgan fingerprint density at radius 1 is 0.750 bits per heavy atom. The molecule has 12 atom stereocenters. The van der Waals surface area contributed by atoms with Crippen LogP contribution in [0.3, 0.4) is 0 Å². The number of likely N-dealkylation sites (tertiary alicyclic amines) is 1. The highest BCUT2D eigenvalue weighted by atomic mass is 32.2. The van der Waals surface area contributed by atoms with Crippen LogP contribution in [-0.2, 0) is 38.8 Å². The monoisotopic (exact) mass is 1070 g/mol. The molecule has 0 aromatic rings. The van der Waals surface area contributed by atoms with Gasteiger partial charge in [0, 0.05) is 80.9 Å². The van der Waals surface area contributed by atoms with Crippen LogP contribution in [0.15, 0.2) is 0 Å². The average Bonchev–Trinajstić information content (AvgIpc) is 4.19. The van der Waals surface area contributed by atoms with E-state index in [1.807, 2.05) is 32.5 Å². The summed E-state index contributed by atoms with van der Waals surface area (Å²) >= 11 is 3.70. The lowest BCUT2D eigenvalue weighted by molar-refractivity contribution is -0.144. The van der Waals surface area contributed by atoms with Gasteiger partial charge in [-0.05, 0) is 112 Å². The van der Waals surface area contributed by atoms with Crippen LogP contribution in [0.1, 0.15) is 137 Å². The van der Waals surface area contributed by atoms with Gasteiger partial charge in [0.1, 0.15) is 17.6 Å². The smallest absolute Gasteiger partial charge is 0.246 e. The number of carbonyl (C=O) groups excluding carboxylic acids is 6. The molecule has 7 fully saturated rings. The minimum atomic E-state index is -3.35. The van der Waals surface area contributed by atoms with Gasteiger partial charge >= 0.3 is 0 Å². The first-order valence-corrected chi connectivity index (χ1v) is 31.2. The summed E-state index contributed by atoms with van der Waals surface area (Å²) in [6.45, 7) is 9.40. The maximum atomic E-state index is 14.1. The van der Waals surface area contributed by atoms with E-state index >= 15 is 0 Å². The highest BCUT2D eigenvalue weighted by molar-refractivity contribution is 8.00. The van der Waals surface area contributed by atoms with Gasteiger partial charge in [-0.25, -0.2) is 12.7 Å². The average molecular weight is 1070 g/mol. The Labute approximate surface area is 437 Å². The number of thioether (sulfide) groups is 2. The van der Waals surface area contributed by atoms with E-state index in [4.69, 9.17) is 0 Å². The van der Waals surface area contributed by atoms with Crippen molar-refractivity contribution in [2.45, 2.75) is 178 Å². The number of aliphatic hydroxyl groups is 1. The Kier molecular flexibility index (Phi) is 20.5. The van der Waals surface area contributed by atoms with Gasteiger partial charge in [-0.1, -0.05) is 46.5 Å². The summed E-state index contributed by atoms with van der Waals surface area (Å²) in [4.78, 5) is 81.0. The third-order valence-electron chi connectivity index (χ3n) is 17.1. The molecule has 7 rings (SSSR count). The molecule has 7 aliphatic rings. The topological polar surface area (TPSA) is 247 Å². The van der Waals surface area contributed by atoms with Crippen LogP contribution < -0.4 is 37.2 Å². The van der Waals surface area contributed by atoms with Gasteiger partial charge < -0.3 is 41.9 Å². The van der Waals surface area contributed by atoms with E-state index in [9.17, 15) is 42.3 Å². The molecule has 6 amide bonds. The summed E-state index contributed by atoms with van der Waals surface area (Å²) in [5, 5.41) is 33.4. The van der Waals surface area contributed by atoms with Crippen molar-refractivity contribution in [2.24, 2.45) is 46.8 Å². The molecule has 0 radical (unpaired) electrons. The highest BCUT2D eigenvalue weighted by Gasteiger charge is 2.45. The van der Waals surface area contributed by atoms with Crippen LogP contribution in [0, 0.1) is 46.8 Å². The maximum absolute atomic E-state index is 14.1. The minimum absolute atomic E-state index is 0.0329. The Morgan fingerprint density at radius 2 is 1.44 bits per heavy atom. The van der Waals surface area contributed by atoms with Crippen LogP contribution in [0.2, 0.25) is 0 Å². The lowest BCUT2D eigenvalue weighted by Gasteiger charge is -2.40. The van der Waals surface area contributed by atoms with Crippen LogP contribution >= 0.6 is 23.5 Å². The van der Waals surface area contributed by atoms with Gasteiger partial charge in [0.2, 0.25) is 45.5 Å². The fourth-order valence-corrected chi connectivity index (χ4v) is 16.5. The van der Waals surface area contributed by atoms with Gasteiger partial charge in [-0.15, -0.1) is 23.5 Å². The normalized spacial score (nSPS) is 34.0. The number of β-amino-alcohol motifs (C(OH)–C–C–N with tert-alkyl or cyclic N) is 1. The summed E-state index contributed by atoms with van der Waals surface area (Å²) in [5.74, 6) is 3.06. The fraction of sp³-hybridized carbons (Fsp3) is 0.882. The number of aliphatic hydroxyl groups excluding tert-OH is 1. The summed E-state index contributed by atoms with van der Waals surface area (Å²) in [6, 6.07) is -0.899. The number of hydrogen-bond donors (Lipinski definition) is 8. The van der Waals surface area contributed by atoms with E-state index in [0.717, 1.165) is 75.7 Å². The van der Waals surface area contributed by atoms with Gasteiger partial charge in [0.15, 0.2) is 0 Å². The summed E-state index contributed by atoms with van der Waals surface area (Å²) < 4.78 is 24.9. The van der Waals surface area contributed by atoms with Crippen LogP contribution in [-0.4, -0.2) is 156 Å². The number of nitrogens with zero attached hydrogens (tertiary/aromatic N) is 2. The first kappa shape index (κ1) is 57.0. The molecule has 0 aromatic carbocycles. The maximum Gasteiger partial charge on any atom is 0.246 e. The van der Waals surface area contributed by atoms with Crippen molar-refractivity contribution in [1.82, 2.24) is 46.4 Å². The summed E-state index contributed by atoms with van der Waals surface area (Å²) in [7, 11) is -3.35. The molecule has 9 unspecified atom stereocenters. The molecule has 4 aliphatic heterocycles. The molecule has 0 aromatic heterocycles. The van der Waals surface area contributed by atoms with Gasteiger partial charge in [-0.2, -0.15) is 0 Å². The van der Waals surface area contributed by atoms with E-state index in [2.05, 4.69) is 44.1 Å². The number of sulfonamides is 1. The molecule has 18 nitrogen and oxygen atoms in total. The number of rotatable bonds is 19. The summed E-state index contributed by atoms with van der Waals surface area (Å²) in [5.41, 5.74) is -0.896. The van der Waals surface area contributed by atoms with E-state index < -0.39 is 39.5 Å². The minimum Gasteiger partial charge on any atom is -0.391 e. The molecular weight excluding hydrogens is 979 g/mol.